The molecule has 0 saturated carbocycles. The van der Waals surface area contributed by atoms with Crippen molar-refractivity contribution in [2.75, 3.05) is 26.4 Å². The fourth-order valence-corrected chi connectivity index (χ4v) is 2.77. The van der Waals surface area contributed by atoms with E-state index >= 15 is 0 Å². The van der Waals surface area contributed by atoms with Gasteiger partial charge in [0.25, 0.3) is 0 Å². The number of nitrogens with two attached hydrogens (primary N) is 1. The van der Waals surface area contributed by atoms with Crippen LogP contribution in [0.1, 0.15) is 32.1 Å². The highest BCUT2D eigenvalue weighted by atomic mass is 16.5. The van der Waals surface area contributed by atoms with Crippen molar-refractivity contribution in [3.8, 4) is 0 Å². The topological polar surface area (TPSA) is 75.8 Å². The summed E-state index contributed by atoms with van der Waals surface area (Å²) in [7, 11) is 0. The van der Waals surface area contributed by atoms with Crippen LogP contribution in [0.5, 0.6) is 0 Å². The predicted molar refractivity (Wildman–Crippen MR) is 63.4 cm³/mol. The van der Waals surface area contributed by atoms with E-state index in [1.165, 1.54) is 0 Å². The Labute approximate surface area is 102 Å². The molecule has 98 valence electrons. The van der Waals surface area contributed by atoms with Crippen molar-refractivity contribution in [1.82, 2.24) is 4.90 Å². The first kappa shape index (κ1) is 12.8. The van der Waals surface area contributed by atoms with Gasteiger partial charge in [-0.1, -0.05) is 0 Å². The molecule has 0 aromatic rings. The summed E-state index contributed by atoms with van der Waals surface area (Å²) in [6, 6.07) is 0.260. The summed E-state index contributed by atoms with van der Waals surface area (Å²) in [5.41, 5.74) is 5.30. The van der Waals surface area contributed by atoms with Crippen LogP contribution in [0.15, 0.2) is 0 Å². The molecule has 3 N–H and O–H groups in total. The van der Waals surface area contributed by atoms with Crippen molar-refractivity contribution in [3.05, 3.63) is 0 Å². The van der Waals surface area contributed by atoms with Gasteiger partial charge in [0.05, 0.1) is 6.61 Å². The fourth-order valence-electron chi connectivity index (χ4n) is 2.77. The highest BCUT2D eigenvalue weighted by Gasteiger charge is 2.43. The molecular weight excluding hydrogens is 220 g/mol. The number of hydrogen-bond donors (Lipinski definition) is 2. The van der Waals surface area contributed by atoms with Crippen molar-refractivity contribution in [2.45, 2.75) is 43.7 Å². The van der Waals surface area contributed by atoms with Crippen molar-refractivity contribution in [1.29, 1.82) is 0 Å². The molecule has 0 aliphatic carbocycles. The van der Waals surface area contributed by atoms with Gasteiger partial charge in [-0.3, -0.25) is 4.79 Å². The minimum absolute atomic E-state index is 0.0374. The lowest BCUT2D eigenvalue weighted by molar-refractivity contribution is -0.138. The Morgan fingerprint density at radius 1 is 1.59 bits per heavy atom. The molecule has 2 saturated heterocycles. The average molecular weight is 242 g/mol. The first-order chi connectivity index (χ1) is 8.17. The highest BCUT2D eigenvalue weighted by Crippen LogP contribution is 2.27. The number of likely N-dealkylation sites (tertiary alicyclic amines) is 1. The molecule has 0 radical (unpaired) electrons. The van der Waals surface area contributed by atoms with Gasteiger partial charge in [0.1, 0.15) is 5.54 Å². The van der Waals surface area contributed by atoms with Gasteiger partial charge in [-0.25, -0.2) is 0 Å². The molecule has 2 aliphatic rings. The van der Waals surface area contributed by atoms with Crippen LogP contribution in [-0.2, 0) is 9.53 Å². The predicted octanol–water partition coefficient (Wildman–Crippen LogP) is -0.132. The van der Waals surface area contributed by atoms with Gasteiger partial charge in [-0.05, 0) is 32.1 Å². The monoisotopic (exact) mass is 242 g/mol. The summed E-state index contributed by atoms with van der Waals surface area (Å²) in [4.78, 5) is 14.3. The van der Waals surface area contributed by atoms with Gasteiger partial charge in [0.2, 0.25) is 5.91 Å². The van der Waals surface area contributed by atoms with E-state index in [4.69, 9.17) is 15.6 Å². The van der Waals surface area contributed by atoms with Crippen molar-refractivity contribution >= 4 is 5.91 Å². The number of nitrogens with zero attached hydrogens (tertiary/aromatic N) is 1. The van der Waals surface area contributed by atoms with Crippen LogP contribution in [0.3, 0.4) is 0 Å². The van der Waals surface area contributed by atoms with Crippen molar-refractivity contribution in [3.63, 3.8) is 0 Å². The molecule has 0 aromatic carbocycles. The van der Waals surface area contributed by atoms with E-state index in [1.807, 2.05) is 4.90 Å². The number of hydrogen-bond acceptors (Lipinski definition) is 4. The van der Waals surface area contributed by atoms with Gasteiger partial charge >= 0.3 is 0 Å². The Morgan fingerprint density at radius 3 is 3.06 bits per heavy atom. The molecule has 0 spiro atoms. The van der Waals surface area contributed by atoms with Gasteiger partial charge in [0.15, 0.2) is 0 Å². The molecule has 0 bridgehead atoms. The van der Waals surface area contributed by atoms with Gasteiger partial charge < -0.3 is 20.5 Å². The van der Waals surface area contributed by atoms with Crippen LogP contribution in [0.2, 0.25) is 0 Å². The summed E-state index contributed by atoms with van der Waals surface area (Å²) in [5.74, 6) is 0.0374. The zero-order valence-electron chi connectivity index (χ0n) is 10.2. The van der Waals surface area contributed by atoms with E-state index in [1.54, 1.807) is 0 Å². The molecule has 0 aromatic heterocycles. The van der Waals surface area contributed by atoms with Crippen molar-refractivity contribution in [2.24, 2.45) is 5.73 Å². The maximum atomic E-state index is 12.4. The van der Waals surface area contributed by atoms with Gasteiger partial charge in [-0.2, -0.15) is 0 Å². The third-order valence-electron chi connectivity index (χ3n) is 3.81. The van der Waals surface area contributed by atoms with E-state index in [-0.39, 0.29) is 18.6 Å². The second-order valence-electron chi connectivity index (χ2n) is 5.12. The Hall–Kier alpha value is -0.650. The number of rotatable bonds is 4. The summed E-state index contributed by atoms with van der Waals surface area (Å²) in [5, 5.41) is 8.87. The molecule has 17 heavy (non-hydrogen) atoms. The lowest BCUT2D eigenvalue weighted by Crippen LogP contribution is -2.57. The molecular formula is C12H22N2O3. The third kappa shape index (κ3) is 2.61. The summed E-state index contributed by atoms with van der Waals surface area (Å²) < 4.78 is 5.24. The van der Waals surface area contributed by atoms with Crippen LogP contribution in [0.4, 0.5) is 0 Å². The second kappa shape index (κ2) is 5.33. The molecule has 2 aliphatic heterocycles. The minimum Gasteiger partial charge on any atom is -0.396 e. The first-order valence-corrected chi connectivity index (χ1v) is 6.46. The molecule has 2 heterocycles. The Bertz CT molecular complexity index is 277. The van der Waals surface area contributed by atoms with E-state index < -0.39 is 5.54 Å². The summed E-state index contributed by atoms with van der Waals surface area (Å²) >= 11 is 0. The number of carbonyl (C=O) groups excluding carboxylic acids is 1. The van der Waals surface area contributed by atoms with E-state index in [0.717, 1.165) is 32.2 Å². The zero-order chi connectivity index (χ0) is 12.3. The highest BCUT2D eigenvalue weighted by molar-refractivity contribution is 5.87. The van der Waals surface area contributed by atoms with E-state index in [2.05, 4.69) is 0 Å². The fraction of sp³-hybridized carbons (Fsp3) is 0.917. The molecule has 2 rings (SSSR count). The van der Waals surface area contributed by atoms with Crippen LogP contribution in [0, 0.1) is 0 Å². The molecule has 5 nitrogen and oxygen atoms in total. The van der Waals surface area contributed by atoms with Gasteiger partial charge in [0, 0.05) is 25.8 Å². The molecule has 5 heteroatoms. The normalized spacial score (nSPS) is 33.3. The number of carbonyl (C=O) groups is 1. The SMILES string of the molecule is NC1(C(=O)N2CCCC2CCCO)CCOC1. The summed E-state index contributed by atoms with van der Waals surface area (Å²) in [6.07, 6.45) is 4.32. The number of aliphatic hydroxyl groups excluding tert-OH is 1. The van der Waals surface area contributed by atoms with E-state index in [9.17, 15) is 4.79 Å². The largest absolute Gasteiger partial charge is 0.396 e. The lowest BCUT2D eigenvalue weighted by atomic mass is 9.97. The molecule has 1 amide bonds. The zero-order valence-corrected chi connectivity index (χ0v) is 10.2. The van der Waals surface area contributed by atoms with Crippen LogP contribution < -0.4 is 5.73 Å². The quantitative estimate of drug-likeness (QED) is 0.720. The standard InChI is InChI=1S/C12H22N2O3/c13-12(5-8-17-9-12)11(16)14-6-1-3-10(14)4-2-7-15/h10,15H,1-9,13H2. The molecule has 2 unspecified atom stereocenters. The molecule has 2 fully saturated rings. The lowest BCUT2D eigenvalue weighted by Gasteiger charge is -2.31. The Balaban J connectivity index is 1.97. The average Bonchev–Trinajstić information content (AvgIpc) is 2.95. The number of amides is 1. The van der Waals surface area contributed by atoms with Gasteiger partial charge in [-0.15, -0.1) is 0 Å². The summed E-state index contributed by atoms with van der Waals surface area (Å²) in [6.45, 7) is 1.91. The van der Waals surface area contributed by atoms with E-state index in [0.29, 0.717) is 19.6 Å². The minimum atomic E-state index is -0.804. The Kier molecular flexibility index (Phi) is 4.01. The smallest absolute Gasteiger partial charge is 0.245 e. The van der Waals surface area contributed by atoms with Crippen LogP contribution in [0.25, 0.3) is 0 Å². The maximum absolute atomic E-state index is 12.4. The maximum Gasteiger partial charge on any atom is 0.245 e. The Morgan fingerprint density at radius 2 is 2.41 bits per heavy atom. The molecule has 2 atom stereocenters. The van der Waals surface area contributed by atoms with Crippen LogP contribution in [-0.4, -0.2) is 53.9 Å². The third-order valence-corrected chi connectivity index (χ3v) is 3.81. The van der Waals surface area contributed by atoms with Crippen LogP contribution >= 0.6 is 0 Å². The number of ether oxygens (including phenoxy) is 1. The number of aliphatic hydroxyl groups is 1. The second-order valence-corrected chi connectivity index (χ2v) is 5.12. The first-order valence-electron chi connectivity index (χ1n) is 6.46. The van der Waals surface area contributed by atoms with Crippen molar-refractivity contribution < 1.29 is 14.6 Å².